The van der Waals surface area contributed by atoms with E-state index < -0.39 is 5.82 Å². The first-order valence-electron chi connectivity index (χ1n) is 8.78. The molecule has 2 heterocycles. The second-order valence-corrected chi connectivity index (χ2v) is 6.86. The summed E-state index contributed by atoms with van der Waals surface area (Å²) in [6, 6.07) is 14.7. The molecule has 4 nitrogen and oxygen atoms in total. The number of hydrogen-bond acceptors (Lipinski definition) is 3. The molecule has 0 bridgehead atoms. The third-order valence-electron chi connectivity index (χ3n) is 5.14. The first kappa shape index (κ1) is 16.8. The molecule has 4 rings (SSSR count). The summed E-state index contributed by atoms with van der Waals surface area (Å²) in [5.74, 6) is -0.390. The molecule has 0 radical (unpaired) electrons. The van der Waals surface area contributed by atoms with Crippen molar-refractivity contribution in [2.45, 2.75) is 13.0 Å². The minimum atomic E-state index is -0.442. The van der Waals surface area contributed by atoms with Gasteiger partial charge in [-0.2, -0.15) is 0 Å². The molecule has 2 aromatic carbocycles. The second kappa shape index (κ2) is 6.57. The van der Waals surface area contributed by atoms with Gasteiger partial charge in [-0.05, 0) is 25.6 Å². The number of para-hydroxylation sites is 1. The van der Waals surface area contributed by atoms with E-state index in [1.807, 2.05) is 42.2 Å². The second-order valence-electron chi connectivity index (χ2n) is 6.86. The zero-order valence-electron chi connectivity index (χ0n) is 14.9. The van der Waals surface area contributed by atoms with E-state index in [9.17, 15) is 9.18 Å². The fourth-order valence-electron chi connectivity index (χ4n) is 3.67. The molecule has 1 atom stereocenters. The number of rotatable bonds is 2. The number of nitrogens with zero attached hydrogens (tertiary/aromatic N) is 2. The van der Waals surface area contributed by atoms with E-state index in [4.69, 9.17) is 4.42 Å². The quantitative estimate of drug-likeness (QED) is 0.699. The lowest BCUT2D eigenvalue weighted by Crippen LogP contribution is -2.49. The van der Waals surface area contributed by atoms with Crippen molar-refractivity contribution in [3.63, 3.8) is 0 Å². The summed E-state index contributed by atoms with van der Waals surface area (Å²) in [4.78, 5) is 17.3. The molecule has 1 amide bonds. The Balaban J connectivity index is 1.74. The average Bonchev–Trinajstić information content (AvgIpc) is 3.00. The monoisotopic (exact) mass is 352 g/mol. The highest BCUT2D eigenvalue weighted by molar-refractivity contribution is 5.99. The SMILES string of the molecule is Cc1c(C(=O)N2CCN(C)CC2c2ccccc2)oc2c(F)cccc12. The number of fused-ring (bicyclic) bond motifs is 1. The molecule has 5 heteroatoms. The molecule has 3 aromatic rings. The summed E-state index contributed by atoms with van der Waals surface area (Å²) in [6.07, 6.45) is 0. The third kappa shape index (κ3) is 2.78. The normalized spacial score (nSPS) is 18.4. The molecule has 1 aromatic heterocycles. The number of aryl methyl sites for hydroxylation is 1. The highest BCUT2D eigenvalue weighted by Crippen LogP contribution is 2.32. The van der Waals surface area contributed by atoms with E-state index in [0.29, 0.717) is 17.5 Å². The van der Waals surface area contributed by atoms with E-state index in [1.54, 1.807) is 12.1 Å². The van der Waals surface area contributed by atoms with Crippen molar-refractivity contribution in [3.8, 4) is 0 Å². The Morgan fingerprint density at radius 2 is 1.88 bits per heavy atom. The van der Waals surface area contributed by atoms with Crippen LogP contribution in [0, 0.1) is 12.7 Å². The number of amides is 1. The molecule has 1 aliphatic rings. The Morgan fingerprint density at radius 3 is 2.62 bits per heavy atom. The van der Waals surface area contributed by atoms with Crippen molar-refractivity contribution < 1.29 is 13.6 Å². The van der Waals surface area contributed by atoms with Gasteiger partial charge in [0.05, 0.1) is 6.04 Å². The van der Waals surface area contributed by atoms with Crippen LogP contribution in [0.2, 0.25) is 0 Å². The van der Waals surface area contributed by atoms with Gasteiger partial charge < -0.3 is 14.2 Å². The molecule has 0 saturated carbocycles. The topological polar surface area (TPSA) is 36.7 Å². The predicted molar refractivity (Wildman–Crippen MR) is 98.6 cm³/mol. The maximum Gasteiger partial charge on any atom is 0.290 e. The number of piperazine rings is 1. The summed E-state index contributed by atoms with van der Waals surface area (Å²) in [5, 5.41) is 0.652. The summed E-state index contributed by atoms with van der Waals surface area (Å²) >= 11 is 0. The number of halogens is 1. The van der Waals surface area contributed by atoms with Gasteiger partial charge in [-0.25, -0.2) is 4.39 Å². The van der Waals surface area contributed by atoms with Crippen LogP contribution in [0.3, 0.4) is 0 Å². The van der Waals surface area contributed by atoms with Crippen LogP contribution in [0.5, 0.6) is 0 Å². The molecule has 0 aliphatic carbocycles. The Labute approximate surface area is 151 Å². The number of carbonyl (C=O) groups excluding carboxylic acids is 1. The summed E-state index contributed by atoms with van der Waals surface area (Å²) in [7, 11) is 2.06. The van der Waals surface area contributed by atoms with Gasteiger partial charge in [0.1, 0.15) is 0 Å². The minimum absolute atomic E-state index is 0.0556. The summed E-state index contributed by atoms with van der Waals surface area (Å²) < 4.78 is 19.7. The Morgan fingerprint density at radius 1 is 1.12 bits per heavy atom. The van der Waals surface area contributed by atoms with Crippen LogP contribution < -0.4 is 0 Å². The molecule has 0 N–H and O–H groups in total. The standard InChI is InChI=1S/C21H21FN2O2/c1-14-16-9-6-10-17(22)20(16)26-19(14)21(25)24-12-11-23(2)13-18(24)15-7-4-3-5-8-15/h3-10,18H,11-13H2,1-2H3. The molecular weight excluding hydrogens is 331 g/mol. The van der Waals surface area contributed by atoms with Crippen LogP contribution in [0.1, 0.15) is 27.7 Å². The molecule has 1 unspecified atom stereocenters. The summed E-state index contributed by atoms with van der Waals surface area (Å²) in [5.41, 5.74) is 1.93. The van der Waals surface area contributed by atoms with Gasteiger partial charge in [0.2, 0.25) is 0 Å². The lowest BCUT2D eigenvalue weighted by atomic mass is 10.0. The molecular formula is C21H21FN2O2. The minimum Gasteiger partial charge on any atom is -0.448 e. The van der Waals surface area contributed by atoms with Gasteiger partial charge in [0.25, 0.3) is 5.91 Å². The fraction of sp³-hybridized carbons (Fsp3) is 0.286. The van der Waals surface area contributed by atoms with E-state index in [-0.39, 0.29) is 23.3 Å². The Hall–Kier alpha value is -2.66. The van der Waals surface area contributed by atoms with Crippen LogP contribution in [0.25, 0.3) is 11.0 Å². The van der Waals surface area contributed by atoms with Gasteiger partial charge in [-0.15, -0.1) is 0 Å². The number of benzene rings is 2. The van der Waals surface area contributed by atoms with Gasteiger partial charge in [-0.1, -0.05) is 42.5 Å². The molecule has 1 fully saturated rings. The van der Waals surface area contributed by atoms with E-state index >= 15 is 0 Å². The summed E-state index contributed by atoms with van der Waals surface area (Å²) in [6.45, 7) is 3.96. The van der Waals surface area contributed by atoms with Crippen molar-refractivity contribution >= 4 is 16.9 Å². The van der Waals surface area contributed by atoms with Crippen LogP contribution >= 0.6 is 0 Å². The van der Waals surface area contributed by atoms with E-state index in [2.05, 4.69) is 11.9 Å². The molecule has 0 spiro atoms. The maximum atomic E-state index is 14.1. The number of hydrogen-bond donors (Lipinski definition) is 0. The van der Waals surface area contributed by atoms with E-state index in [1.165, 1.54) is 6.07 Å². The van der Waals surface area contributed by atoms with Crippen LogP contribution in [-0.2, 0) is 0 Å². The average molecular weight is 352 g/mol. The largest absolute Gasteiger partial charge is 0.448 e. The zero-order chi connectivity index (χ0) is 18.3. The van der Waals surface area contributed by atoms with Crippen LogP contribution in [-0.4, -0.2) is 42.4 Å². The zero-order valence-corrected chi connectivity index (χ0v) is 14.9. The first-order valence-corrected chi connectivity index (χ1v) is 8.78. The molecule has 1 saturated heterocycles. The van der Waals surface area contributed by atoms with Crippen LogP contribution in [0.4, 0.5) is 4.39 Å². The Kier molecular flexibility index (Phi) is 4.24. The van der Waals surface area contributed by atoms with Crippen molar-refractivity contribution in [3.05, 3.63) is 71.2 Å². The number of likely N-dealkylation sites (N-methyl/N-ethyl adjacent to an activating group) is 1. The van der Waals surface area contributed by atoms with Gasteiger partial charge in [0, 0.05) is 30.6 Å². The molecule has 134 valence electrons. The van der Waals surface area contributed by atoms with Gasteiger partial charge in [0.15, 0.2) is 17.2 Å². The maximum absolute atomic E-state index is 14.1. The lowest BCUT2D eigenvalue weighted by molar-refractivity contribution is 0.0469. The Bertz CT molecular complexity index is 951. The van der Waals surface area contributed by atoms with E-state index in [0.717, 1.165) is 18.7 Å². The fourth-order valence-corrected chi connectivity index (χ4v) is 3.67. The third-order valence-corrected chi connectivity index (χ3v) is 5.14. The van der Waals surface area contributed by atoms with Crippen molar-refractivity contribution in [2.24, 2.45) is 0 Å². The predicted octanol–water partition coefficient (Wildman–Crippen LogP) is 4.01. The van der Waals surface area contributed by atoms with Crippen molar-refractivity contribution in [2.75, 3.05) is 26.7 Å². The number of carbonyl (C=O) groups is 1. The molecule has 26 heavy (non-hydrogen) atoms. The van der Waals surface area contributed by atoms with Crippen molar-refractivity contribution in [1.82, 2.24) is 9.80 Å². The number of furan rings is 1. The van der Waals surface area contributed by atoms with Crippen LogP contribution in [0.15, 0.2) is 52.9 Å². The first-order chi connectivity index (χ1) is 12.6. The van der Waals surface area contributed by atoms with Gasteiger partial charge in [-0.3, -0.25) is 4.79 Å². The van der Waals surface area contributed by atoms with Crippen molar-refractivity contribution in [1.29, 1.82) is 0 Å². The lowest BCUT2D eigenvalue weighted by Gasteiger charge is -2.40. The highest BCUT2D eigenvalue weighted by Gasteiger charge is 2.33. The highest BCUT2D eigenvalue weighted by atomic mass is 19.1. The van der Waals surface area contributed by atoms with Gasteiger partial charge >= 0.3 is 0 Å². The molecule has 1 aliphatic heterocycles. The smallest absolute Gasteiger partial charge is 0.290 e.